The summed E-state index contributed by atoms with van der Waals surface area (Å²) in [7, 11) is 3.57. The molecular weight excluding hydrogens is 328 g/mol. The van der Waals surface area contributed by atoms with Crippen molar-refractivity contribution in [3.8, 4) is 0 Å². The van der Waals surface area contributed by atoms with Crippen LogP contribution in [-0.4, -0.2) is 39.5 Å². The smallest absolute Gasteiger partial charge is 0.146 e. The van der Waals surface area contributed by atoms with Crippen LogP contribution in [0.2, 0.25) is 0 Å². The Morgan fingerprint density at radius 3 is 2.62 bits per heavy atom. The average Bonchev–Trinajstić information content (AvgIpc) is 2.95. The molecule has 0 aliphatic heterocycles. The van der Waals surface area contributed by atoms with E-state index in [1.54, 1.807) is 7.11 Å². The van der Waals surface area contributed by atoms with Gasteiger partial charge in [0.15, 0.2) is 0 Å². The van der Waals surface area contributed by atoms with Crippen LogP contribution in [0.4, 0.5) is 0 Å². The molecule has 0 spiro atoms. The second-order valence-corrected chi connectivity index (χ2v) is 9.70. The number of carbonyl (C=O) groups is 1. The first-order chi connectivity index (χ1) is 12.5. The van der Waals surface area contributed by atoms with Gasteiger partial charge in [-0.1, -0.05) is 6.92 Å². The van der Waals surface area contributed by atoms with Crippen molar-refractivity contribution in [3.05, 3.63) is 0 Å². The molecule has 2 unspecified atom stereocenters. The van der Waals surface area contributed by atoms with Crippen molar-refractivity contribution < 1.29 is 19.0 Å². The van der Waals surface area contributed by atoms with Gasteiger partial charge in [-0.15, -0.1) is 0 Å². The second-order valence-electron chi connectivity index (χ2n) is 9.70. The second kappa shape index (κ2) is 7.18. The van der Waals surface area contributed by atoms with Crippen LogP contribution in [0, 0.1) is 34.5 Å². The number of rotatable bonds is 5. The maximum absolute atomic E-state index is 12.6. The number of ketones is 1. The Labute approximate surface area is 158 Å². The SMILES string of the molecule is COCOC1CC[C@@]2(COC)C(CC[C@@H]3[C@H]2CC[C@]2(C)C(=O)CC[C@@H]32)C1. The number of fused-ring (bicyclic) bond motifs is 5. The molecule has 0 bridgehead atoms. The first kappa shape index (κ1) is 18.9. The Hall–Kier alpha value is -0.450. The van der Waals surface area contributed by atoms with Crippen LogP contribution < -0.4 is 0 Å². The zero-order valence-electron chi connectivity index (χ0n) is 16.8. The Bertz CT molecular complexity index is 534. The van der Waals surface area contributed by atoms with Crippen LogP contribution >= 0.6 is 0 Å². The Morgan fingerprint density at radius 1 is 1.00 bits per heavy atom. The lowest BCUT2D eigenvalue weighted by atomic mass is 9.45. The molecule has 0 aromatic heterocycles. The van der Waals surface area contributed by atoms with E-state index in [2.05, 4.69) is 6.92 Å². The number of carbonyl (C=O) groups excluding carboxylic acids is 1. The van der Waals surface area contributed by atoms with Gasteiger partial charge in [0.2, 0.25) is 0 Å². The van der Waals surface area contributed by atoms with Crippen LogP contribution in [0.15, 0.2) is 0 Å². The molecule has 7 atom stereocenters. The highest BCUT2D eigenvalue weighted by Crippen LogP contribution is 2.65. The highest BCUT2D eigenvalue weighted by Gasteiger charge is 2.61. The summed E-state index contributed by atoms with van der Waals surface area (Å²) in [4.78, 5) is 12.6. The summed E-state index contributed by atoms with van der Waals surface area (Å²) in [5.74, 6) is 3.31. The van der Waals surface area contributed by atoms with Gasteiger partial charge in [-0.3, -0.25) is 4.79 Å². The molecule has 4 saturated carbocycles. The zero-order valence-corrected chi connectivity index (χ0v) is 16.8. The summed E-state index contributed by atoms with van der Waals surface area (Å²) >= 11 is 0. The third kappa shape index (κ3) is 2.79. The quantitative estimate of drug-likeness (QED) is 0.686. The monoisotopic (exact) mass is 364 g/mol. The number of ether oxygens (including phenoxy) is 3. The van der Waals surface area contributed by atoms with Crippen molar-refractivity contribution in [3.63, 3.8) is 0 Å². The molecule has 4 nitrogen and oxygen atoms in total. The molecule has 26 heavy (non-hydrogen) atoms. The minimum atomic E-state index is -0.0267. The van der Waals surface area contributed by atoms with Gasteiger partial charge in [0.25, 0.3) is 0 Å². The van der Waals surface area contributed by atoms with Gasteiger partial charge < -0.3 is 14.2 Å². The van der Waals surface area contributed by atoms with Crippen LogP contribution in [0.1, 0.15) is 64.7 Å². The van der Waals surface area contributed by atoms with Crippen molar-refractivity contribution in [2.24, 2.45) is 34.5 Å². The fourth-order valence-corrected chi connectivity index (χ4v) is 7.65. The molecule has 4 fully saturated rings. The fourth-order valence-electron chi connectivity index (χ4n) is 7.65. The summed E-state index contributed by atoms with van der Waals surface area (Å²) in [6.45, 7) is 3.56. The number of methoxy groups -OCH3 is 2. The molecule has 0 N–H and O–H groups in total. The molecule has 0 radical (unpaired) electrons. The highest BCUT2D eigenvalue weighted by molar-refractivity contribution is 5.87. The first-order valence-electron chi connectivity index (χ1n) is 10.7. The van der Waals surface area contributed by atoms with Crippen molar-refractivity contribution in [1.82, 2.24) is 0 Å². The third-order valence-corrected chi connectivity index (χ3v) is 8.86. The number of hydrogen-bond donors (Lipinski definition) is 0. The van der Waals surface area contributed by atoms with Gasteiger partial charge in [-0.25, -0.2) is 0 Å². The lowest BCUT2D eigenvalue weighted by molar-refractivity contribution is -0.174. The van der Waals surface area contributed by atoms with E-state index in [0.29, 0.717) is 35.9 Å². The summed E-state index contributed by atoms with van der Waals surface area (Å²) in [5, 5.41) is 0. The van der Waals surface area contributed by atoms with Crippen LogP contribution in [-0.2, 0) is 19.0 Å². The van der Waals surface area contributed by atoms with Crippen molar-refractivity contribution in [2.45, 2.75) is 70.8 Å². The molecule has 0 aromatic rings. The number of hydrogen-bond acceptors (Lipinski definition) is 4. The van der Waals surface area contributed by atoms with Crippen LogP contribution in [0.3, 0.4) is 0 Å². The summed E-state index contributed by atoms with van der Waals surface area (Å²) < 4.78 is 16.9. The van der Waals surface area contributed by atoms with Crippen molar-refractivity contribution in [1.29, 1.82) is 0 Å². The minimum absolute atomic E-state index is 0.0267. The molecular formula is C22H36O4. The van der Waals surface area contributed by atoms with Gasteiger partial charge in [-0.05, 0) is 80.5 Å². The van der Waals surface area contributed by atoms with E-state index < -0.39 is 0 Å². The molecule has 4 aliphatic rings. The highest BCUT2D eigenvalue weighted by atomic mass is 16.7. The third-order valence-electron chi connectivity index (χ3n) is 8.86. The lowest BCUT2D eigenvalue weighted by Gasteiger charge is -2.61. The molecule has 4 heteroatoms. The molecule has 4 aliphatic carbocycles. The minimum Gasteiger partial charge on any atom is -0.384 e. The van der Waals surface area contributed by atoms with Gasteiger partial charge in [-0.2, -0.15) is 0 Å². The lowest BCUT2D eigenvalue weighted by Crippen LogP contribution is -2.57. The van der Waals surface area contributed by atoms with E-state index in [1.807, 2.05) is 7.11 Å². The Kier molecular flexibility index (Phi) is 5.22. The largest absolute Gasteiger partial charge is 0.384 e. The van der Waals surface area contributed by atoms with Gasteiger partial charge in [0.1, 0.15) is 12.6 Å². The molecule has 4 rings (SSSR count). The summed E-state index contributed by atoms with van der Waals surface area (Å²) in [6.07, 6.45) is 10.6. The van der Waals surface area contributed by atoms with E-state index in [9.17, 15) is 4.79 Å². The fraction of sp³-hybridized carbons (Fsp3) is 0.955. The van der Waals surface area contributed by atoms with E-state index in [1.165, 1.54) is 25.7 Å². The van der Waals surface area contributed by atoms with Gasteiger partial charge in [0, 0.05) is 26.1 Å². The summed E-state index contributed by atoms with van der Waals surface area (Å²) in [5.41, 5.74) is 0.276. The summed E-state index contributed by atoms with van der Waals surface area (Å²) in [6, 6.07) is 0. The topological polar surface area (TPSA) is 44.8 Å². The van der Waals surface area contributed by atoms with Crippen LogP contribution in [0.5, 0.6) is 0 Å². The van der Waals surface area contributed by atoms with Gasteiger partial charge in [0.05, 0.1) is 12.7 Å². The zero-order chi connectivity index (χ0) is 18.4. The van der Waals surface area contributed by atoms with Crippen LogP contribution in [0.25, 0.3) is 0 Å². The molecule has 0 amide bonds. The molecule has 0 aromatic carbocycles. The maximum atomic E-state index is 12.6. The Morgan fingerprint density at radius 2 is 1.85 bits per heavy atom. The first-order valence-corrected chi connectivity index (χ1v) is 10.7. The Balaban J connectivity index is 1.57. The normalized spacial score (nSPS) is 48.0. The molecule has 0 heterocycles. The van der Waals surface area contributed by atoms with E-state index in [0.717, 1.165) is 50.5 Å². The average molecular weight is 365 g/mol. The van der Waals surface area contributed by atoms with E-state index >= 15 is 0 Å². The predicted octanol–water partition coefficient (Wildman–Crippen LogP) is 4.21. The van der Waals surface area contributed by atoms with Crippen molar-refractivity contribution in [2.75, 3.05) is 27.6 Å². The van der Waals surface area contributed by atoms with Gasteiger partial charge >= 0.3 is 0 Å². The van der Waals surface area contributed by atoms with Crippen molar-refractivity contribution >= 4 is 5.78 Å². The van der Waals surface area contributed by atoms with E-state index in [-0.39, 0.29) is 5.41 Å². The number of Topliss-reactive ketones (excluding diaryl/α,β-unsaturated/α-hetero) is 1. The maximum Gasteiger partial charge on any atom is 0.146 e. The van der Waals surface area contributed by atoms with E-state index in [4.69, 9.17) is 14.2 Å². The molecule has 148 valence electrons. The predicted molar refractivity (Wildman–Crippen MR) is 99.7 cm³/mol. The standard InChI is InChI=1S/C22H36O4/c1-21-10-9-19-17(18(21)6-7-20(21)23)5-4-15-12-16(26-14-25-3)8-11-22(15,19)13-24-2/h15-19H,4-14H2,1-3H3/t15?,16?,17-,18-,19+,21-,22+/m0/s1. The molecule has 0 saturated heterocycles.